The van der Waals surface area contributed by atoms with Gasteiger partial charge in [-0.2, -0.15) is 0 Å². The maximum Gasteiger partial charge on any atom is 0.255 e. The van der Waals surface area contributed by atoms with E-state index in [1.54, 1.807) is 23.4 Å². The molecule has 0 saturated carbocycles. The van der Waals surface area contributed by atoms with Crippen molar-refractivity contribution in [3.63, 3.8) is 0 Å². The lowest BCUT2D eigenvalue weighted by atomic mass is 9.99. The third-order valence-electron chi connectivity index (χ3n) is 5.43. The number of hydrogen-bond donors (Lipinski definition) is 1. The van der Waals surface area contributed by atoms with Gasteiger partial charge in [0.2, 0.25) is 5.91 Å². The third kappa shape index (κ3) is 4.07. The first kappa shape index (κ1) is 20.1. The number of amides is 2. The van der Waals surface area contributed by atoms with Crippen molar-refractivity contribution in [2.45, 2.75) is 25.4 Å². The van der Waals surface area contributed by atoms with E-state index >= 15 is 0 Å². The summed E-state index contributed by atoms with van der Waals surface area (Å²) in [7, 11) is 0. The van der Waals surface area contributed by atoms with Crippen LogP contribution >= 0.6 is 11.6 Å². The molecule has 1 N–H and O–H groups in total. The fourth-order valence-electron chi connectivity index (χ4n) is 3.82. The molecular weight excluding hydrogens is 398 g/mol. The smallest absolute Gasteiger partial charge is 0.255 e. The number of carbonyl (C=O) groups is 2. The summed E-state index contributed by atoms with van der Waals surface area (Å²) in [6.45, 7) is 2.86. The summed E-state index contributed by atoms with van der Waals surface area (Å²) in [4.78, 5) is 32.0. The number of halogens is 1. The molecule has 0 bridgehead atoms. The molecule has 2 amide bonds. The zero-order valence-electron chi connectivity index (χ0n) is 16.6. The molecular formula is C24H22ClN3O2. The number of nitrogens with one attached hydrogen (secondary N) is 1. The summed E-state index contributed by atoms with van der Waals surface area (Å²) in [5, 5.41) is 3.65. The predicted molar refractivity (Wildman–Crippen MR) is 116 cm³/mol. The zero-order chi connectivity index (χ0) is 21.1. The van der Waals surface area contributed by atoms with Crippen LogP contribution in [0.1, 0.15) is 45.9 Å². The molecule has 2 aromatic carbocycles. The second-order valence-electron chi connectivity index (χ2n) is 7.47. The molecule has 5 nitrogen and oxygen atoms in total. The minimum Gasteiger partial charge on any atom is -0.350 e. The van der Waals surface area contributed by atoms with E-state index < -0.39 is 6.04 Å². The van der Waals surface area contributed by atoms with Crippen LogP contribution in [0.25, 0.3) is 0 Å². The fraction of sp³-hybridized carbons (Fsp3) is 0.208. The Labute approximate surface area is 180 Å². The van der Waals surface area contributed by atoms with Crippen LogP contribution in [0.3, 0.4) is 0 Å². The number of nitrogens with zero attached hydrogens (tertiary/aromatic N) is 2. The van der Waals surface area contributed by atoms with Crippen molar-refractivity contribution in [1.29, 1.82) is 0 Å². The summed E-state index contributed by atoms with van der Waals surface area (Å²) < 4.78 is 0. The predicted octanol–water partition coefficient (Wildman–Crippen LogP) is 4.35. The van der Waals surface area contributed by atoms with Crippen molar-refractivity contribution in [3.05, 3.63) is 100 Å². The number of rotatable bonds is 6. The normalized spacial score (nSPS) is 16.3. The molecule has 152 valence electrons. The van der Waals surface area contributed by atoms with Gasteiger partial charge in [-0.15, -0.1) is 0 Å². The minimum atomic E-state index is -0.648. The molecule has 2 heterocycles. The SMILES string of the molecule is CC(CN1C(=O)c2ccccc2C1C(=O)NCc1ccncc1)c1ccc(Cl)cc1. The Bertz CT molecular complexity index is 1050. The van der Waals surface area contributed by atoms with Crippen molar-refractivity contribution in [3.8, 4) is 0 Å². The van der Waals surface area contributed by atoms with Gasteiger partial charge in [-0.05, 0) is 52.9 Å². The Hall–Kier alpha value is -3.18. The van der Waals surface area contributed by atoms with Gasteiger partial charge in [0, 0.05) is 36.1 Å². The summed E-state index contributed by atoms with van der Waals surface area (Å²) in [6, 6.07) is 18.0. The Balaban J connectivity index is 1.57. The van der Waals surface area contributed by atoms with Gasteiger partial charge >= 0.3 is 0 Å². The summed E-state index contributed by atoms with van der Waals surface area (Å²) >= 11 is 6.00. The van der Waals surface area contributed by atoms with Crippen molar-refractivity contribution in [2.24, 2.45) is 0 Å². The standard InChI is InChI=1S/C24H22ClN3O2/c1-16(18-6-8-19(25)9-7-18)15-28-22(20-4-2-3-5-21(20)24(28)30)23(29)27-14-17-10-12-26-13-11-17/h2-13,16,22H,14-15H2,1H3,(H,27,29). The molecule has 1 aromatic heterocycles. The molecule has 1 aliphatic rings. The van der Waals surface area contributed by atoms with E-state index in [-0.39, 0.29) is 17.7 Å². The third-order valence-corrected chi connectivity index (χ3v) is 5.68. The van der Waals surface area contributed by atoms with Gasteiger partial charge in [-0.25, -0.2) is 0 Å². The summed E-state index contributed by atoms with van der Waals surface area (Å²) in [5.74, 6) is -0.250. The first-order valence-electron chi connectivity index (χ1n) is 9.86. The first-order valence-corrected chi connectivity index (χ1v) is 10.2. The number of carbonyl (C=O) groups excluding carboxylic acids is 2. The molecule has 3 aromatic rings. The second-order valence-corrected chi connectivity index (χ2v) is 7.91. The van der Waals surface area contributed by atoms with Gasteiger partial charge in [0.15, 0.2) is 0 Å². The summed E-state index contributed by atoms with van der Waals surface area (Å²) in [5.41, 5.74) is 3.36. The Kier molecular flexibility index (Phi) is 5.81. The number of fused-ring (bicyclic) bond motifs is 1. The highest BCUT2D eigenvalue weighted by Gasteiger charge is 2.41. The molecule has 6 heteroatoms. The number of benzene rings is 2. The van der Waals surface area contributed by atoms with E-state index in [0.29, 0.717) is 23.7 Å². The topological polar surface area (TPSA) is 62.3 Å². The lowest BCUT2D eigenvalue weighted by Gasteiger charge is -2.27. The van der Waals surface area contributed by atoms with E-state index in [0.717, 1.165) is 16.7 Å². The number of aromatic nitrogens is 1. The van der Waals surface area contributed by atoms with E-state index in [4.69, 9.17) is 11.6 Å². The maximum atomic E-state index is 13.2. The van der Waals surface area contributed by atoms with Crippen LogP contribution in [0.4, 0.5) is 0 Å². The molecule has 0 fully saturated rings. The molecule has 0 spiro atoms. The zero-order valence-corrected chi connectivity index (χ0v) is 17.3. The van der Waals surface area contributed by atoms with Gasteiger partial charge in [0.1, 0.15) is 6.04 Å². The Morgan fingerprint density at radius 1 is 1.10 bits per heavy atom. The Morgan fingerprint density at radius 2 is 1.80 bits per heavy atom. The van der Waals surface area contributed by atoms with Crippen molar-refractivity contribution in [1.82, 2.24) is 15.2 Å². The van der Waals surface area contributed by atoms with E-state index in [1.807, 2.05) is 61.5 Å². The molecule has 30 heavy (non-hydrogen) atoms. The van der Waals surface area contributed by atoms with Crippen LogP contribution in [0, 0.1) is 0 Å². The van der Waals surface area contributed by atoms with Crippen LogP contribution in [0.2, 0.25) is 5.02 Å². The van der Waals surface area contributed by atoms with E-state index in [2.05, 4.69) is 10.3 Å². The quantitative estimate of drug-likeness (QED) is 0.646. The van der Waals surface area contributed by atoms with Crippen LogP contribution in [0.5, 0.6) is 0 Å². The van der Waals surface area contributed by atoms with Crippen molar-refractivity contribution < 1.29 is 9.59 Å². The van der Waals surface area contributed by atoms with E-state index in [1.165, 1.54) is 0 Å². The fourth-order valence-corrected chi connectivity index (χ4v) is 3.95. The maximum absolute atomic E-state index is 13.2. The first-order chi connectivity index (χ1) is 14.5. The van der Waals surface area contributed by atoms with Gasteiger partial charge in [0.25, 0.3) is 5.91 Å². The molecule has 2 atom stereocenters. The molecule has 1 aliphatic heterocycles. The number of hydrogen-bond acceptors (Lipinski definition) is 3. The van der Waals surface area contributed by atoms with Crippen LogP contribution in [0.15, 0.2) is 73.1 Å². The average molecular weight is 420 g/mol. The van der Waals surface area contributed by atoms with E-state index in [9.17, 15) is 9.59 Å². The van der Waals surface area contributed by atoms with Crippen LogP contribution in [-0.4, -0.2) is 28.2 Å². The van der Waals surface area contributed by atoms with Crippen LogP contribution in [-0.2, 0) is 11.3 Å². The van der Waals surface area contributed by atoms with Gasteiger partial charge in [-0.3, -0.25) is 14.6 Å². The highest BCUT2D eigenvalue weighted by molar-refractivity contribution is 6.30. The van der Waals surface area contributed by atoms with Crippen LogP contribution < -0.4 is 5.32 Å². The molecule has 0 saturated heterocycles. The molecule has 4 rings (SSSR count). The largest absolute Gasteiger partial charge is 0.350 e. The lowest BCUT2D eigenvalue weighted by molar-refractivity contribution is -0.125. The molecule has 0 aliphatic carbocycles. The highest BCUT2D eigenvalue weighted by atomic mass is 35.5. The molecule has 0 radical (unpaired) electrons. The van der Waals surface area contributed by atoms with Gasteiger partial charge in [-0.1, -0.05) is 48.9 Å². The minimum absolute atomic E-state index is 0.0519. The summed E-state index contributed by atoms with van der Waals surface area (Å²) in [6.07, 6.45) is 3.38. The van der Waals surface area contributed by atoms with Gasteiger partial charge in [0.05, 0.1) is 0 Å². The highest BCUT2D eigenvalue weighted by Crippen LogP contribution is 2.35. The average Bonchev–Trinajstić information content (AvgIpc) is 3.05. The molecule has 2 unspecified atom stereocenters. The Morgan fingerprint density at radius 3 is 2.53 bits per heavy atom. The monoisotopic (exact) mass is 419 g/mol. The lowest BCUT2D eigenvalue weighted by Crippen LogP contribution is -2.40. The number of pyridine rings is 1. The van der Waals surface area contributed by atoms with Crippen molar-refractivity contribution in [2.75, 3.05) is 6.54 Å². The second kappa shape index (κ2) is 8.67. The van der Waals surface area contributed by atoms with Gasteiger partial charge < -0.3 is 10.2 Å². The van der Waals surface area contributed by atoms with Crippen molar-refractivity contribution >= 4 is 23.4 Å².